The van der Waals surface area contributed by atoms with Crippen LogP contribution in [-0.2, 0) is 0 Å². The maximum atomic E-state index is 10.9. The summed E-state index contributed by atoms with van der Waals surface area (Å²) in [4.78, 5) is 14.6. The minimum atomic E-state index is -0.315. The molecule has 0 aliphatic heterocycles. The zero-order chi connectivity index (χ0) is 7.84. The van der Waals surface area contributed by atoms with Crippen LogP contribution in [0.1, 0.15) is 0 Å². The van der Waals surface area contributed by atoms with Gasteiger partial charge in [0.15, 0.2) is 10.8 Å². The first kappa shape index (κ1) is 6.36. The Morgan fingerprint density at radius 3 is 3.18 bits per heavy atom. The maximum Gasteiger partial charge on any atom is 0.347 e. The Labute approximate surface area is 65.6 Å². The first-order valence-corrected chi connectivity index (χ1v) is 3.24. The summed E-state index contributed by atoms with van der Waals surface area (Å²) in [6, 6.07) is 0. The van der Waals surface area contributed by atoms with E-state index >= 15 is 0 Å². The number of nitrogens with one attached hydrogen (secondary N) is 1. The van der Waals surface area contributed by atoms with Gasteiger partial charge in [-0.2, -0.15) is 0 Å². The number of aromatic amines is 1. The van der Waals surface area contributed by atoms with E-state index in [0.29, 0.717) is 5.65 Å². The summed E-state index contributed by atoms with van der Waals surface area (Å²) in [7, 11) is 0. The number of rotatable bonds is 0. The highest BCUT2D eigenvalue weighted by atomic mass is 35.5. The summed E-state index contributed by atoms with van der Waals surface area (Å²) >= 11 is 5.62. The highest BCUT2D eigenvalue weighted by molar-refractivity contribution is 6.32. The SMILES string of the molecule is O=c1[nH]nc2c(Cl)nccn12. The Morgan fingerprint density at radius 1 is 1.64 bits per heavy atom. The van der Waals surface area contributed by atoms with Crippen LogP contribution in [0.5, 0.6) is 0 Å². The van der Waals surface area contributed by atoms with E-state index in [2.05, 4.69) is 15.2 Å². The average molecular weight is 171 g/mol. The lowest BCUT2D eigenvalue weighted by atomic mass is 10.7. The van der Waals surface area contributed by atoms with E-state index in [9.17, 15) is 4.79 Å². The molecule has 2 aromatic heterocycles. The molecule has 5 nitrogen and oxygen atoms in total. The second-order valence-electron chi connectivity index (χ2n) is 1.94. The van der Waals surface area contributed by atoms with E-state index in [1.54, 1.807) is 0 Å². The van der Waals surface area contributed by atoms with Crippen LogP contribution in [0.15, 0.2) is 17.2 Å². The lowest BCUT2D eigenvalue weighted by Gasteiger charge is -1.88. The van der Waals surface area contributed by atoms with Crippen molar-refractivity contribution in [1.82, 2.24) is 19.6 Å². The first-order chi connectivity index (χ1) is 5.29. The molecule has 0 amide bonds. The molecule has 0 saturated carbocycles. The van der Waals surface area contributed by atoms with Gasteiger partial charge in [-0.1, -0.05) is 11.6 Å². The summed E-state index contributed by atoms with van der Waals surface area (Å²) in [5, 5.41) is 6.11. The van der Waals surface area contributed by atoms with Crippen molar-refractivity contribution in [1.29, 1.82) is 0 Å². The molecule has 0 bridgehead atoms. The fraction of sp³-hybridized carbons (Fsp3) is 0. The molecule has 0 atom stereocenters. The van der Waals surface area contributed by atoms with Crippen molar-refractivity contribution in [2.75, 3.05) is 0 Å². The Balaban J connectivity index is 3.06. The molecule has 0 aliphatic carbocycles. The largest absolute Gasteiger partial charge is 0.347 e. The summed E-state index contributed by atoms with van der Waals surface area (Å²) in [6.45, 7) is 0. The fourth-order valence-electron chi connectivity index (χ4n) is 0.812. The number of hydrogen-bond donors (Lipinski definition) is 1. The molecule has 0 spiro atoms. The van der Waals surface area contributed by atoms with E-state index in [1.165, 1.54) is 16.8 Å². The lowest BCUT2D eigenvalue weighted by Crippen LogP contribution is -2.08. The Bertz CT molecular complexity index is 445. The van der Waals surface area contributed by atoms with Gasteiger partial charge in [-0.05, 0) is 0 Å². The fourth-order valence-corrected chi connectivity index (χ4v) is 1.00. The monoisotopic (exact) mass is 170 g/mol. The van der Waals surface area contributed by atoms with Gasteiger partial charge in [-0.25, -0.2) is 19.3 Å². The molecular formula is C5H3ClN4O. The van der Waals surface area contributed by atoms with Crippen LogP contribution in [0.2, 0.25) is 5.15 Å². The zero-order valence-electron chi connectivity index (χ0n) is 5.28. The second-order valence-corrected chi connectivity index (χ2v) is 2.30. The average Bonchev–Trinajstić information content (AvgIpc) is 2.35. The third-order valence-electron chi connectivity index (χ3n) is 1.29. The van der Waals surface area contributed by atoms with Crippen LogP contribution in [0.25, 0.3) is 5.65 Å². The number of H-pyrrole nitrogens is 1. The van der Waals surface area contributed by atoms with Gasteiger partial charge in [-0.15, -0.1) is 5.10 Å². The van der Waals surface area contributed by atoms with Crippen molar-refractivity contribution in [3.8, 4) is 0 Å². The van der Waals surface area contributed by atoms with Gasteiger partial charge in [0.2, 0.25) is 0 Å². The molecule has 2 heterocycles. The third-order valence-corrected chi connectivity index (χ3v) is 1.56. The summed E-state index contributed by atoms with van der Waals surface area (Å²) in [5.74, 6) is 0. The second kappa shape index (κ2) is 2.06. The van der Waals surface area contributed by atoms with E-state index < -0.39 is 0 Å². The molecule has 0 aliphatic rings. The molecule has 0 fully saturated rings. The third kappa shape index (κ3) is 0.813. The van der Waals surface area contributed by atoms with Crippen molar-refractivity contribution < 1.29 is 0 Å². The van der Waals surface area contributed by atoms with Gasteiger partial charge in [0.25, 0.3) is 0 Å². The van der Waals surface area contributed by atoms with Crippen molar-refractivity contribution in [3.05, 3.63) is 28.0 Å². The highest BCUT2D eigenvalue weighted by Crippen LogP contribution is 2.06. The lowest BCUT2D eigenvalue weighted by molar-refractivity contribution is 1.02. The van der Waals surface area contributed by atoms with Crippen LogP contribution < -0.4 is 5.69 Å². The van der Waals surface area contributed by atoms with Gasteiger partial charge in [0, 0.05) is 12.4 Å². The Morgan fingerprint density at radius 2 is 2.45 bits per heavy atom. The zero-order valence-corrected chi connectivity index (χ0v) is 6.04. The van der Waals surface area contributed by atoms with Crippen LogP contribution >= 0.6 is 11.6 Å². The highest BCUT2D eigenvalue weighted by Gasteiger charge is 2.02. The van der Waals surface area contributed by atoms with Crippen LogP contribution in [0.3, 0.4) is 0 Å². The minimum absolute atomic E-state index is 0.214. The number of aromatic nitrogens is 4. The van der Waals surface area contributed by atoms with Crippen molar-refractivity contribution in [2.24, 2.45) is 0 Å². The van der Waals surface area contributed by atoms with E-state index in [-0.39, 0.29) is 10.8 Å². The molecular weight excluding hydrogens is 168 g/mol. The van der Waals surface area contributed by atoms with Crippen LogP contribution in [-0.4, -0.2) is 19.6 Å². The predicted molar refractivity (Wildman–Crippen MR) is 38.6 cm³/mol. The van der Waals surface area contributed by atoms with Crippen LogP contribution in [0, 0.1) is 0 Å². The van der Waals surface area contributed by atoms with Crippen molar-refractivity contribution in [2.45, 2.75) is 0 Å². The molecule has 0 saturated heterocycles. The maximum absolute atomic E-state index is 10.9. The molecule has 1 N–H and O–H groups in total. The van der Waals surface area contributed by atoms with E-state index in [1.807, 2.05) is 0 Å². The first-order valence-electron chi connectivity index (χ1n) is 2.86. The molecule has 0 unspecified atom stereocenters. The smallest absolute Gasteiger partial charge is 0.246 e. The van der Waals surface area contributed by atoms with E-state index in [0.717, 1.165) is 0 Å². The molecule has 56 valence electrons. The molecule has 11 heavy (non-hydrogen) atoms. The predicted octanol–water partition coefficient (Wildman–Crippen LogP) is 0.0710. The summed E-state index contributed by atoms with van der Waals surface area (Å²) in [6.07, 6.45) is 2.93. The quantitative estimate of drug-likeness (QED) is 0.609. The number of halogens is 1. The molecule has 2 rings (SSSR count). The van der Waals surface area contributed by atoms with Crippen molar-refractivity contribution >= 4 is 17.2 Å². The standard InChI is InChI=1S/C5H3ClN4O/c6-3-4-8-9-5(11)10(4)2-1-7-3/h1-2H,(H,9,11). The Hall–Kier alpha value is -1.36. The topological polar surface area (TPSA) is 63.0 Å². The normalized spacial score (nSPS) is 10.6. The van der Waals surface area contributed by atoms with Gasteiger partial charge in [-0.3, -0.25) is 0 Å². The van der Waals surface area contributed by atoms with Gasteiger partial charge >= 0.3 is 5.69 Å². The minimum Gasteiger partial charge on any atom is -0.246 e. The van der Waals surface area contributed by atoms with Crippen LogP contribution in [0.4, 0.5) is 0 Å². The van der Waals surface area contributed by atoms with Gasteiger partial charge in [0.05, 0.1) is 0 Å². The summed E-state index contributed by atoms with van der Waals surface area (Å²) < 4.78 is 1.29. The van der Waals surface area contributed by atoms with E-state index in [4.69, 9.17) is 11.6 Å². The molecule has 0 radical (unpaired) electrons. The number of fused-ring (bicyclic) bond motifs is 1. The molecule has 2 aromatic rings. The number of hydrogen-bond acceptors (Lipinski definition) is 3. The Kier molecular flexibility index (Phi) is 1.19. The molecule has 0 aromatic carbocycles. The number of nitrogens with zero attached hydrogens (tertiary/aromatic N) is 3. The van der Waals surface area contributed by atoms with Crippen molar-refractivity contribution in [3.63, 3.8) is 0 Å². The van der Waals surface area contributed by atoms with Gasteiger partial charge in [0.1, 0.15) is 0 Å². The summed E-state index contributed by atoms with van der Waals surface area (Å²) in [5.41, 5.74) is 0.0310. The van der Waals surface area contributed by atoms with Gasteiger partial charge < -0.3 is 0 Å². The molecule has 6 heteroatoms.